The number of nitrogens with one attached hydrogen (secondary N) is 1. The molecule has 1 aromatic heterocycles. The Balaban J connectivity index is 0.00000312. The molecule has 2 rings (SSSR count). The molecule has 0 aliphatic heterocycles. The van der Waals surface area contributed by atoms with E-state index in [1.807, 2.05) is 37.1 Å². The predicted molar refractivity (Wildman–Crippen MR) is 109 cm³/mol. The van der Waals surface area contributed by atoms with E-state index in [1.54, 1.807) is 18.5 Å². The Labute approximate surface area is 165 Å². The van der Waals surface area contributed by atoms with Crippen LogP contribution in [0.15, 0.2) is 53.8 Å². The van der Waals surface area contributed by atoms with Crippen molar-refractivity contribution in [2.24, 2.45) is 4.99 Å². The van der Waals surface area contributed by atoms with E-state index in [9.17, 15) is 4.39 Å². The molecule has 0 bridgehead atoms. The van der Waals surface area contributed by atoms with E-state index >= 15 is 0 Å². The standard InChI is InChI=1S/C18H23FN4O.HI/c1-3-21-18(22-10-11-24-17-8-5-9-20-13-17)23(2)14-15-6-4-7-16(19)12-15;/h4-9,12-13H,3,10-11,14H2,1-2H3,(H,21,22);1H. The van der Waals surface area contributed by atoms with Crippen LogP contribution < -0.4 is 10.1 Å². The zero-order valence-corrected chi connectivity index (χ0v) is 16.8. The molecule has 0 unspecified atom stereocenters. The topological polar surface area (TPSA) is 49.8 Å². The minimum Gasteiger partial charge on any atom is -0.490 e. The Kier molecular flexibility index (Phi) is 9.83. The molecule has 1 heterocycles. The summed E-state index contributed by atoms with van der Waals surface area (Å²) in [4.78, 5) is 10.5. The number of hydrogen-bond donors (Lipinski definition) is 1. The van der Waals surface area contributed by atoms with E-state index in [4.69, 9.17) is 4.74 Å². The minimum atomic E-state index is -0.229. The van der Waals surface area contributed by atoms with Crippen LogP contribution in [0.5, 0.6) is 5.75 Å². The fraction of sp³-hybridized carbons (Fsp3) is 0.333. The Morgan fingerprint density at radius 3 is 2.84 bits per heavy atom. The van der Waals surface area contributed by atoms with Gasteiger partial charge in [-0.05, 0) is 36.8 Å². The van der Waals surface area contributed by atoms with Gasteiger partial charge >= 0.3 is 0 Å². The lowest BCUT2D eigenvalue weighted by atomic mass is 10.2. The van der Waals surface area contributed by atoms with Crippen molar-refractivity contribution in [3.63, 3.8) is 0 Å². The van der Waals surface area contributed by atoms with E-state index in [2.05, 4.69) is 15.3 Å². The van der Waals surface area contributed by atoms with Gasteiger partial charge < -0.3 is 15.0 Å². The van der Waals surface area contributed by atoms with Crippen LogP contribution in [-0.2, 0) is 6.54 Å². The molecule has 0 radical (unpaired) electrons. The van der Waals surface area contributed by atoms with Crippen molar-refractivity contribution in [2.75, 3.05) is 26.7 Å². The van der Waals surface area contributed by atoms with Crippen molar-refractivity contribution in [1.82, 2.24) is 15.2 Å². The number of rotatable bonds is 7. The van der Waals surface area contributed by atoms with Crippen molar-refractivity contribution in [3.05, 3.63) is 60.2 Å². The summed E-state index contributed by atoms with van der Waals surface area (Å²) in [7, 11) is 1.92. The molecule has 136 valence electrons. The normalized spacial score (nSPS) is 10.8. The number of aliphatic imine (C=N–C) groups is 1. The van der Waals surface area contributed by atoms with Crippen molar-refractivity contribution in [3.8, 4) is 5.75 Å². The Hall–Kier alpha value is -1.90. The summed E-state index contributed by atoms with van der Waals surface area (Å²) in [5, 5.41) is 3.23. The van der Waals surface area contributed by atoms with Crippen molar-refractivity contribution in [2.45, 2.75) is 13.5 Å². The van der Waals surface area contributed by atoms with Crippen LogP contribution in [0.3, 0.4) is 0 Å². The maximum atomic E-state index is 13.3. The monoisotopic (exact) mass is 458 g/mol. The summed E-state index contributed by atoms with van der Waals surface area (Å²) in [5.74, 6) is 1.26. The predicted octanol–water partition coefficient (Wildman–Crippen LogP) is 3.32. The molecule has 7 heteroatoms. The third-order valence-corrected chi connectivity index (χ3v) is 3.26. The number of pyridine rings is 1. The average Bonchev–Trinajstić information content (AvgIpc) is 2.58. The molecule has 1 N–H and O–H groups in total. The van der Waals surface area contributed by atoms with Gasteiger partial charge in [0.2, 0.25) is 0 Å². The summed E-state index contributed by atoms with van der Waals surface area (Å²) in [5.41, 5.74) is 0.898. The van der Waals surface area contributed by atoms with Crippen LogP contribution in [-0.4, -0.2) is 42.6 Å². The summed E-state index contributed by atoms with van der Waals surface area (Å²) in [6, 6.07) is 10.3. The van der Waals surface area contributed by atoms with Crippen LogP contribution in [0.1, 0.15) is 12.5 Å². The second kappa shape index (κ2) is 11.6. The number of halogens is 2. The van der Waals surface area contributed by atoms with Gasteiger partial charge in [-0.1, -0.05) is 12.1 Å². The molecule has 0 saturated heterocycles. The molecule has 25 heavy (non-hydrogen) atoms. The maximum absolute atomic E-state index is 13.3. The van der Waals surface area contributed by atoms with Crippen LogP contribution in [0.4, 0.5) is 4.39 Å². The van der Waals surface area contributed by atoms with E-state index in [1.165, 1.54) is 12.1 Å². The lowest BCUT2D eigenvalue weighted by Gasteiger charge is -2.22. The van der Waals surface area contributed by atoms with Gasteiger partial charge in [-0.15, -0.1) is 24.0 Å². The third kappa shape index (κ3) is 7.68. The van der Waals surface area contributed by atoms with Gasteiger partial charge in [-0.3, -0.25) is 4.98 Å². The molecule has 0 saturated carbocycles. The molecular weight excluding hydrogens is 434 g/mol. The van der Waals surface area contributed by atoms with Crippen LogP contribution in [0.25, 0.3) is 0 Å². The molecule has 0 aliphatic rings. The summed E-state index contributed by atoms with van der Waals surface area (Å²) >= 11 is 0. The van der Waals surface area contributed by atoms with Gasteiger partial charge in [0.1, 0.15) is 18.2 Å². The zero-order chi connectivity index (χ0) is 17.2. The second-order valence-electron chi connectivity index (χ2n) is 5.26. The summed E-state index contributed by atoms with van der Waals surface area (Å²) in [6.45, 7) is 4.33. The van der Waals surface area contributed by atoms with Crippen LogP contribution in [0, 0.1) is 5.82 Å². The lowest BCUT2D eigenvalue weighted by molar-refractivity contribution is 0.326. The molecule has 0 aliphatic carbocycles. The maximum Gasteiger partial charge on any atom is 0.194 e. The van der Waals surface area contributed by atoms with Crippen LogP contribution in [0.2, 0.25) is 0 Å². The summed E-state index contributed by atoms with van der Waals surface area (Å²) in [6.07, 6.45) is 3.38. The molecule has 5 nitrogen and oxygen atoms in total. The number of aromatic nitrogens is 1. The number of hydrogen-bond acceptors (Lipinski definition) is 3. The van der Waals surface area contributed by atoms with Crippen LogP contribution >= 0.6 is 24.0 Å². The number of benzene rings is 1. The van der Waals surface area contributed by atoms with Gasteiger partial charge in [0.25, 0.3) is 0 Å². The Morgan fingerprint density at radius 1 is 1.32 bits per heavy atom. The molecule has 0 fully saturated rings. The molecule has 1 aromatic carbocycles. The van der Waals surface area contributed by atoms with E-state index in [0.717, 1.165) is 23.8 Å². The minimum absolute atomic E-state index is 0. The highest BCUT2D eigenvalue weighted by Gasteiger charge is 2.07. The van der Waals surface area contributed by atoms with Gasteiger partial charge in [0.15, 0.2) is 5.96 Å². The largest absolute Gasteiger partial charge is 0.490 e. The Morgan fingerprint density at radius 2 is 2.16 bits per heavy atom. The molecule has 0 atom stereocenters. The first kappa shape index (κ1) is 21.1. The molecule has 0 amide bonds. The number of guanidine groups is 1. The first-order chi connectivity index (χ1) is 11.7. The average molecular weight is 458 g/mol. The highest BCUT2D eigenvalue weighted by Crippen LogP contribution is 2.07. The lowest BCUT2D eigenvalue weighted by Crippen LogP contribution is -2.38. The molecular formula is C18H24FIN4O. The van der Waals surface area contributed by atoms with Crippen molar-refractivity contribution in [1.29, 1.82) is 0 Å². The number of ether oxygens (including phenoxy) is 1. The fourth-order valence-electron chi connectivity index (χ4n) is 2.20. The molecule has 0 spiro atoms. The smallest absolute Gasteiger partial charge is 0.194 e. The first-order valence-electron chi connectivity index (χ1n) is 7.95. The van der Waals surface area contributed by atoms with E-state index < -0.39 is 0 Å². The van der Waals surface area contributed by atoms with Crippen molar-refractivity contribution >= 4 is 29.9 Å². The first-order valence-corrected chi connectivity index (χ1v) is 7.95. The summed E-state index contributed by atoms with van der Waals surface area (Å²) < 4.78 is 18.9. The van der Waals surface area contributed by atoms with Gasteiger partial charge in [-0.2, -0.15) is 0 Å². The SMILES string of the molecule is CCNC(=NCCOc1cccnc1)N(C)Cc1cccc(F)c1.I. The van der Waals surface area contributed by atoms with E-state index in [0.29, 0.717) is 19.7 Å². The van der Waals surface area contributed by atoms with Crippen molar-refractivity contribution < 1.29 is 9.13 Å². The fourth-order valence-corrected chi connectivity index (χ4v) is 2.20. The van der Waals surface area contributed by atoms with Gasteiger partial charge in [-0.25, -0.2) is 9.38 Å². The molecule has 2 aromatic rings. The third-order valence-electron chi connectivity index (χ3n) is 3.26. The van der Waals surface area contributed by atoms with E-state index in [-0.39, 0.29) is 29.8 Å². The quantitative estimate of drug-likeness (QED) is 0.300. The van der Waals surface area contributed by atoms with Gasteiger partial charge in [0, 0.05) is 26.3 Å². The Bertz CT molecular complexity index is 655. The number of nitrogens with zero attached hydrogens (tertiary/aromatic N) is 3. The second-order valence-corrected chi connectivity index (χ2v) is 5.26. The van der Waals surface area contributed by atoms with Gasteiger partial charge in [0.05, 0.1) is 12.7 Å². The highest BCUT2D eigenvalue weighted by molar-refractivity contribution is 14.0. The zero-order valence-electron chi connectivity index (χ0n) is 14.5. The highest BCUT2D eigenvalue weighted by atomic mass is 127.